The van der Waals surface area contributed by atoms with Gasteiger partial charge >= 0.3 is 0 Å². The molecule has 1 aromatic heterocycles. The lowest BCUT2D eigenvalue weighted by molar-refractivity contribution is 0.0734. The first-order chi connectivity index (χ1) is 23.3. The van der Waals surface area contributed by atoms with E-state index in [1.807, 2.05) is 65.9 Å². The van der Waals surface area contributed by atoms with Crippen molar-refractivity contribution in [1.29, 1.82) is 0 Å². The smallest absolute Gasteiger partial charge is 0.264 e. The number of hydrogen-bond acceptors (Lipinski definition) is 5. The summed E-state index contributed by atoms with van der Waals surface area (Å²) in [6.07, 6.45) is 2.28. The number of aromatic hydroxyl groups is 1. The van der Waals surface area contributed by atoms with Gasteiger partial charge in [-0.25, -0.2) is 0 Å². The van der Waals surface area contributed by atoms with Crippen LogP contribution in [0.1, 0.15) is 50.4 Å². The average molecular weight is 662 g/mol. The first-order valence-corrected chi connectivity index (χ1v) is 16.5. The minimum absolute atomic E-state index is 0.0976. The van der Waals surface area contributed by atoms with Crippen LogP contribution in [0.2, 0.25) is 5.02 Å². The van der Waals surface area contributed by atoms with Crippen molar-refractivity contribution in [2.45, 2.75) is 32.7 Å². The molecule has 4 heterocycles. The Morgan fingerprint density at radius 1 is 0.771 bits per heavy atom. The van der Waals surface area contributed by atoms with Crippen LogP contribution in [0.25, 0.3) is 11.3 Å². The zero-order valence-corrected chi connectivity index (χ0v) is 27.7. The largest absolute Gasteiger partial charge is 0.508 e. The maximum atomic E-state index is 14.6. The zero-order chi connectivity index (χ0) is 33.4. The van der Waals surface area contributed by atoms with Crippen molar-refractivity contribution in [2.75, 3.05) is 24.7 Å². The van der Waals surface area contributed by atoms with Gasteiger partial charge in [0.05, 0.1) is 24.5 Å². The van der Waals surface area contributed by atoms with Crippen molar-refractivity contribution in [2.24, 2.45) is 7.05 Å². The molecule has 0 radical (unpaired) electrons. The number of aromatic nitrogens is 1. The van der Waals surface area contributed by atoms with Crippen molar-refractivity contribution >= 4 is 34.8 Å². The monoisotopic (exact) mass is 661 g/mol. The van der Waals surface area contributed by atoms with Crippen LogP contribution in [0.3, 0.4) is 0 Å². The molecule has 3 aliphatic rings. The third-order valence-corrected chi connectivity index (χ3v) is 9.45. The van der Waals surface area contributed by atoms with Crippen LogP contribution in [-0.4, -0.2) is 46.1 Å². The lowest BCUT2D eigenvalue weighted by Gasteiger charge is -2.30. The number of hydrogen-bond donors (Lipinski definition) is 1. The molecule has 3 aliphatic heterocycles. The quantitative estimate of drug-likeness (QED) is 0.196. The summed E-state index contributed by atoms with van der Waals surface area (Å²) in [5, 5.41) is 10.5. The van der Waals surface area contributed by atoms with E-state index in [1.165, 1.54) is 0 Å². The molecule has 244 valence electrons. The van der Waals surface area contributed by atoms with Gasteiger partial charge in [-0.05, 0) is 98.5 Å². The van der Waals surface area contributed by atoms with Gasteiger partial charge in [-0.15, -0.1) is 0 Å². The highest BCUT2D eigenvalue weighted by molar-refractivity contribution is 6.31. The number of carbonyl (C=O) groups excluding carboxylic acids is 2. The van der Waals surface area contributed by atoms with Gasteiger partial charge < -0.3 is 24.0 Å². The topological polar surface area (TPSA) is 84.2 Å². The maximum Gasteiger partial charge on any atom is 0.264 e. The molecule has 0 aliphatic carbocycles. The van der Waals surface area contributed by atoms with Gasteiger partial charge in [0.1, 0.15) is 17.2 Å². The molecule has 8 nitrogen and oxygen atoms in total. The molecule has 0 saturated carbocycles. The Labute approximate surface area is 284 Å². The summed E-state index contributed by atoms with van der Waals surface area (Å²) in [5.74, 6) is 1.24. The fraction of sp³-hybridized carbons (Fsp3) is 0.231. The van der Waals surface area contributed by atoms with E-state index in [0.29, 0.717) is 77.3 Å². The minimum Gasteiger partial charge on any atom is -0.508 e. The van der Waals surface area contributed by atoms with E-state index in [9.17, 15) is 14.7 Å². The fourth-order valence-electron chi connectivity index (χ4n) is 6.54. The first-order valence-electron chi connectivity index (χ1n) is 16.1. The summed E-state index contributed by atoms with van der Waals surface area (Å²) in [4.78, 5) is 32.3. The predicted octanol–water partition coefficient (Wildman–Crippen LogP) is 8.09. The molecular formula is C39H36ClN3O5. The number of anilines is 2. The molecule has 0 fully saturated rings. The Morgan fingerprint density at radius 2 is 1.54 bits per heavy atom. The molecule has 8 rings (SSSR count). The molecule has 4 aromatic carbocycles. The summed E-state index contributed by atoms with van der Waals surface area (Å²) >= 11 is 6.55. The number of amides is 2. The van der Waals surface area contributed by atoms with Crippen LogP contribution >= 0.6 is 11.6 Å². The second kappa shape index (κ2) is 13.1. The number of halogens is 1. The van der Waals surface area contributed by atoms with Gasteiger partial charge in [0, 0.05) is 65.0 Å². The molecule has 0 unspecified atom stereocenters. The predicted molar refractivity (Wildman–Crippen MR) is 187 cm³/mol. The van der Waals surface area contributed by atoms with E-state index in [4.69, 9.17) is 21.1 Å². The Balaban J connectivity index is 1.36. The van der Waals surface area contributed by atoms with Crippen LogP contribution in [-0.2, 0) is 20.0 Å². The summed E-state index contributed by atoms with van der Waals surface area (Å²) in [6.45, 7) is 3.96. The SMILES string of the molecule is Cc1c2cc(n1C)-c1cc(Cl)ccc1C(=O)N1CCc3c(cccc3OCCCCOc3cccc(c3)N(c3ccc(O)cc3)C2=O)C1. The van der Waals surface area contributed by atoms with Gasteiger partial charge in [-0.3, -0.25) is 14.5 Å². The Kier molecular flexibility index (Phi) is 8.58. The molecule has 8 bridgehead atoms. The van der Waals surface area contributed by atoms with E-state index in [0.717, 1.165) is 35.4 Å². The Bertz CT molecular complexity index is 2020. The third kappa shape index (κ3) is 6.00. The van der Waals surface area contributed by atoms with Crippen LogP contribution in [0.15, 0.2) is 91.0 Å². The third-order valence-electron chi connectivity index (χ3n) is 9.22. The maximum absolute atomic E-state index is 14.6. The van der Waals surface area contributed by atoms with Gasteiger partial charge in [-0.2, -0.15) is 0 Å². The zero-order valence-electron chi connectivity index (χ0n) is 26.9. The molecular weight excluding hydrogens is 626 g/mol. The number of benzene rings is 4. The van der Waals surface area contributed by atoms with Crippen molar-refractivity contribution < 1.29 is 24.2 Å². The lowest BCUT2D eigenvalue weighted by atomic mass is 9.96. The summed E-state index contributed by atoms with van der Waals surface area (Å²) < 4.78 is 14.3. The molecule has 2 amide bonds. The number of ether oxygens (including phenoxy) is 2. The molecule has 5 aromatic rings. The van der Waals surface area contributed by atoms with Crippen molar-refractivity contribution in [1.82, 2.24) is 9.47 Å². The van der Waals surface area contributed by atoms with Gasteiger partial charge in [0.25, 0.3) is 11.8 Å². The summed E-state index contributed by atoms with van der Waals surface area (Å²) in [5.41, 5.74) is 6.46. The number of carbonyl (C=O) groups is 2. The van der Waals surface area contributed by atoms with E-state index in [2.05, 4.69) is 6.07 Å². The van der Waals surface area contributed by atoms with E-state index < -0.39 is 0 Å². The standard InChI is InChI=1S/C39H36ClN3O5/c1-25-34-23-36(41(25)2)35-21-27(40)11-16-33(35)38(45)42-18-17-32-26(24-42)7-5-10-37(32)48-20-4-3-19-47-31-9-6-8-29(22-31)43(39(34)46)28-12-14-30(44)15-13-28/h5-16,21-23,44H,3-4,17-20,24H2,1-2H3. The molecule has 0 saturated heterocycles. The molecule has 0 atom stereocenters. The number of nitrogens with zero attached hydrogens (tertiary/aromatic N) is 3. The molecule has 48 heavy (non-hydrogen) atoms. The van der Waals surface area contributed by atoms with Crippen molar-refractivity contribution in [3.8, 4) is 28.5 Å². The highest BCUT2D eigenvalue weighted by Crippen LogP contribution is 2.37. The first kappa shape index (κ1) is 31.4. The summed E-state index contributed by atoms with van der Waals surface area (Å²) in [7, 11) is 1.89. The van der Waals surface area contributed by atoms with Crippen LogP contribution < -0.4 is 14.4 Å². The fourth-order valence-corrected chi connectivity index (χ4v) is 6.71. The van der Waals surface area contributed by atoms with Crippen LogP contribution in [0.4, 0.5) is 11.4 Å². The number of rotatable bonds is 1. The van der Waals surface area contributed by atoms with Crippen molar-refractivity contribution in [3.63, 3.8) is 0 Å². The van der Waals surface area contributed by atoms with Crippen molar-refractivity contribution in [3.05, 3.63) is 124 Å². The van der Waals surface area contributed by atoms with Gasteiger partial charge in [0.2, 0.25) is 0 Å². The molecule has 9 heteroatoms. The lowest BCUT2D eigenvalue weighted by Crippen LogP contribution is -2.36. The normalized spacial score (nSPS) is 15.2. The second-order valence-corrected chi connectivity index (χ2v) is 12.6. The second-order valence-electron chi connectivity index (χ2n) is 12.2. The van der Waals surface area contributed by atoms with E-state index >= 15 is 0 Å². The molecule has 1 N–H and O–H groups in total. The molecule has 0 spiro atoms. The summed E-state index contributed by atoms with van der Waals surface area (Å²) in [6, 6.07) is 27.1. The Morgan fingerprint density at radius 3 is 2.35 bits per heavy atom. The Hall–Kier alpha value is -5.21. The van der Waals surface area contributed by atoms with E-state index in [-0.39, 0.29) is 17.6 Å². The van der Waals surface area contributed by atoms with Crippen LogP contribution in [0, 0.1) is 6.92 Å². The van der Waals surface area contributed by atoms with Crippen LogP contribution in [0.5, 0.6) is 17.2 Å². The number of phenolic OH excluding ortho intramolecular Hbond substituents is 1. The highest BCUT2D eigenvalue weighted by Gasteiger charge is 2.29. The average Bonchev–Trinajstić information content (AvgIpc) is 3.39. The number of phenols is 1. The van der Waals surface area contributed by atoms with Gasteiger partial charge in [0.15, 0.2) is 0 Å². The highest BCUT2D eigenvalue weighted by atomic mass is 35.5. The van der Waals surface area contributed by atoms with Gasteiger partial charge in [-0.1, -0.05) is 29.8 Å². The minimum atomic E-state index is -0.269. The number of fused-ring (bicyclic) bond motifs is 7. The van der Waals surface area contributed by atoms with E-state index in [1.54, 1.807) is 47.4 Å².